The fourth-order valence-electron chi connectivity index (χ4n) is 1.44. The zero-order chi connectivity index (χ0) is 9.10. The first-order valence-electron chi connectivity index (χ1n) is 4.68. The molecule has 1 aromatic rings. The zero-order valence-corrected chi connectivity index (χ0v) is 7.77. The topological polar surface area (TPSA) is 18.5 Å². The van der Waals surface area contributed by atoms with Crippen molar-refractivity contribution in [1.82, 2.24) is 0 Å². The fourth-order valence-corrected chi connectivity index (χ4v) is 1.44. The SMILES string of the molecule is C[C@H]1CCO[C@@H](c2ccccc2)O1. The van der Waals surface area contributed by atoms with Crippen LogP contribution in [-0.4, -0.2) is 12.7 Å². The average molecular weight is 178 g/mol. The minimum Gasteiger partial charge on any atom is -0.348 e. The van der Waals surface area contributed by atoms with E-state index in [1.807, 2.05) is 30.3 Å². The van der Waals surface area contributed by atoms with Crippen LogP contribution in [-0.2, 0) is 9.47 Å². The van der Waals surface area contributed by atoms with Crippen LogP contribution in [0.25, 0.3) is 0 Å². The lowest BCUT2D eigenvalue weighted by Crippen LogP contribution is -2.24. The van der Waals surface area contributed by atoms with Gasteiger partial charge in [0, 0.05) is 5.56 Å². The van der Waals surface area contributed by atoms with Crippen LogP contribution in [0.1, 0.15) is 25.2 Å². The summed E-state index contributed by atoms with van der Waals surface area (Å²) in [5.74, 6) is 0. The van der Waals surface area contributed by atoms with Crippen LogP contribution in [0.5, 0.6) is 0 Å². The van der Waals surface area contributed by atoms with Gasteiger partial charge in [0.2, 0.25) is 0 Å². The third-order valence-corrected chi connectivity index (χ3v) is 2.22. The number of hydrogen-bond donors (Lipinski definition) is 0. The molecule has 0 unspecified atom stereocenters. The van der Waals surface area contributed by atoms with Crippen molar-refractivity contribution in [3.8, 4) is 0 Å². The zero-order valence-electron chi connectivity index (χ0n) is 7.77. The monoisotopic (exact) mass is 178 g/mol. The van der Waals surface area contributed by atoms with E-state index in [2.05, 4.69) is 6.92 Å². The second-order valence-corrected chi connectivity index (χ2v) is 3.35. The highest BCUT2D eigenvalue weighted by atomic mass is 16.7. The van der Waals surface area contributed by atoms with Crippen molar-refractivity contribution in [2.24, 2.45) is 0 Å². The van der Waals surface area contributed by atoms with Gasteiger partial charge < -0.3 is 9.47 Å². The Labute approximate surface area is 78.5 Å². The summed E-state index contributed by atoms with van der Waals surface area (Å²) in [6.07, 6.45) is 1.13. The summed E-state index contributed by atoms with van der Waals surface area (Å²) < 4.78 is 11.2. The molecule has 2 rings (SSSR count). The number of rotatable bonds is 1. The van der Waals surface area contributed by atoms with Gasteiger partial charge in [0.05, 0.1) is 12.7 Å². The molecule has 0 bridgehead atoms. The predicted octanol–water partition coefficient (Wildman–Crippen LogP) is 2.51. The molecule has 2 nitrogen and oxygen atoms in total. The summed E-state index contributed by atoms with van der Waals surface area (Å²) in [6.45, 7) is 2.87. The van der Waals surface area contributed by atoms with E-state index in [1.54, 1.807) is 0 Å². The van der Waals surface area contributed by atoms with E-state index in [0.29, 0.717) is 6.10 Å². The first-order chi connectivity index (χ1) is 6.36. The summed E-state index contributed by atoms with van der Waals surface area (Å²) in [5.41, 5.74) is 1.11. The Bertz CT molecular complexity index is 258. The van der Waals surface area contributed by atoms with Gasteiger partial charge in [0.15, 0.2) is 6.29 Å². The van der Waals surface area contributed by atoms with Crippen molar-refractivity contribution in [2.75, 3.05) is 6.61 Å². The van der Waals surface area contributed by atoms with Crippen LogP contribution in [0.3, 0.4) is 0 Å². The highest BCUT2D eigenvalue weighted by Gasteiger charge is 2.20. The van der Waals surface area contributed by atoms with E-state index in [-0.39, 0.29) is 6.29 Å². The van der Waals surface area contributed by atoms with E-state index in [1.165, 1.54) is 0 Å². The molecule has 1 aliphatic rings. The van der Waals surface area contributed by atoms with Gasteiger partial charge in [-0.3, -0.25) is 0 Å². The Hall–Kier alpha value is -0.860. The molecule has 1 heterocycles. The van der Waals surface area contributed by atoms with E-state index >= 15 is 0 Å². The standard InChI is InChI=1S/C11H14O2/c1-9-7-8-12-11(13-9)10-5-3-2-4-6-10/h2-6,9,11H,7-8H2,1H3/t9-,11+/m0/s1. The Morgan fingerprint density at radius 3 is 2.69 bits per heavy atom. The lowest BCUT2D eigenvalue weighted by atomic mass is 10.2. The highest BCUT2D eigenvalue weighted by molar-refractivity contribution is 5.16. The van der Waals surface area contributed by atoms with E-state index in [0.717, 1.165) is 18.6 Å². The van der Waals surface area contributed by atoms with E-state index in [4.69, 9.17) is 9.47 Å². The Balaban J connectivity index is 2.08. The second-order valence-electron chi connectivity index (χ2n) is 3.35. The molecule has 2 atom stereocenters. The molecular formula is C11H14O2. The van der Waals surface area contributed by atoms with Gasteiger partial charge in [-0.05, 0) is 13.3 Å². The van der Waals surface area contributed by atoms with Gasteiger partial charge in [-0.1, -0.05) is 30.3 Å². The fraction of sp³-hybridized carbons (Fsp3) is 0.455. The molecule has 0 N–H and O–H groups in total. The minimum absolute atomic E-state index is 0.162. The third-order valence-electron chi connectivity index (χ3n) is 2.22. The van der Waals surface area contributed by atoms with Crippen molar-refractivity contribution in [2.45, 2.75) is 25.7 Å². The van der Waals surface area contributed by atoms with E-state index < -0.39 is 0 Å². The maximum atomic E-state index is 5.65. The molecule has 1 aromatic carbocycles. The summed E-state index contributed by atoms with van der Waals surface area (Å²) >= 11 is 0. The maximum absolute atomic E-state index is 5.65. The summed E-state index contributed by atoms with van der Waals surface area (Å²) in [5, 5.41) is 0. The first kappa shape index (κ1) is 8.73. The molecule has 70 valence electrons. The lowest BCUT2D eigenvalue weighted by Gasteiger charge is -2.28. The van der Waals surface area contributed by atoms with Crippen molar-refractivity contribution in [3.05, 3.63) is 35.9 Å². The van der Waals surface area contributed by atoms with Crippen molar-refractivity contribution >= 4 is 0 Å². The predicted molar refractivity (Wildman–Crippen MR) is 50.3 cm³/mol. The molecule has 1 fully saturated rings. The molecule has 0 aliphatic carbocycles. The molecule has 0 aromatic heterocycles. The molecule has 13 heavy (non-hydrogen) atoms. The molecule has 0 amide bonds. The van der Waals surface area contributed by atoms with Crippen molar-refractivity contribution < 1.29 is 9.47 Å². The number of benzene rings is 1. The average Bonchev–Trinajstić information content (AvgIpc) is 2.19. The number of ether oxygens (including phenoxy) is 2. The molecule has 1 aliphatic heterocycles. The smallest absolute Gasteiger partial charge is 0.184 e. The molecule has 0 radical (unpaired) electrons. The van der Waals surface area contributed by atoms with Crippen LogP contribution in [0, 0.1) is 0 Å². The molecule has 2 heteroatoms. The minimum atomic E-state index is -0.162. The first-order valence-corrected chi connectivity index (χ1v) is 4.68. The summed E-state index contributed by atoms with van der Waals surface area (Å²) in [4.78, 5) is 0. The van der Waals surface area contributed by atoms with Crippen LogP contribution >= 0.6 is 0 Å². The molecule has 0 saturated carbocycles. The van der Waals surface area contributed by atoms with Gasteiger partial charge in [0.25, 0.3) is 0 Å². The third kappa shape index (κ3) is 2.08. The van der Waals surface area contributed by atoms with Crippen molar-refractivity contribution in [1.29, 1.82) is 0 Å². The lowest BCUT2D eigenvalue weighted by molar-refractivity contribution is -0.212. The Kier molecular flexibility index (Phi) is 2.62. The normalized spacial score (nSPS) is 28.7. The quantitative estimate of drug-likeness (QED) is 0.657. The van der Waals surface area contributed by atoms with E-state index in [9.17, 15) is 0 Å². The van der Waals surface area contributed by atoms with Gasteiger partial charge >= 0.3 is 0 Å². The molecule has 0 spiro atoms. The molecule has 1 saturated heterocycles. The Morgan fingerprint density at radius 2 is 2.00 bits per heavy atom. The highest BCUT2D eigenvalue weighted by Crippen LogP contribution is 2.25. The van der Waals surface area contributed by atoms with Gasteiger partial charge in [-0.15, -0.1) is 0 Å². The van der Waals surface area contributed by atoms with Crippen LogP contribution in [0.4, 0.5) is 0 Å². The molecular weight excluding hydrogens is 164 g/mol. The summed E-state index contributed by atoms with van der Waals surface area (Å²) in [7, 11) is 0. The number of hydrogen-bond acceptors (Lipinski definition) is 2. The van der Waals surface area contributed by atoms with Crippen LogP contribution in [0.15, 0.2) is 30.3 Å². The second kappa shape index (κ2) is 3.90. The maximum Gasteiger partial charge on any atom is 0.184 e. The van der Waals surface area contributed by atoms with Crippen molar-refractivity contribution in [3.63, 3.8) is 0 Å². The van der Waals surface area contributed by atoms with Gasteiger partial charge in [0.1, 0.15) is 0 Å². The van der Waals surface area contributed by atoms with Gasteiger partial charge in [-0.2, -0.15) is 0 Å². The Morgan fingerprint density at radius 1 is 1.23 bits per heavy atom. The van der Waals surface area contributed by atoms with Crippen LogP contribution < -0.4 is 0 Å². The largest absolute Gasteiger partial charge is 0.348 e. The summed E-state index contributed by atoms with van der Waals surface area (Å²) in [6, 6.07) is 10.1. The van der Waals surface area contributed by atoms with Crippen LogP contribution in [0.2, 0.25) is 0 Å². The van der Waals surface area contributed by atoms with Gasteiger partial charge in [-0.25, -0.2) is 0 Å².